The molecule has 0 aliphatic carbocycles. The van der Waals surface area contributed by atoms with Crippen LogP contribution in [0.1, 0.15) is 40.5 Å². The van der Waals surface area contributed by atoms with Crippen LogP contribution in [0, 0.1) is 5.92 Å². The highest BCUT2D eigenvalue weighted by atomic mass is 15.3. The predicted octanol–water partition coefficient (Wildman–Crippen LogP) is 1.82. The van der Waals surface area contributed by atoms with E-state index in [1.165, 1.54) is 71.7 Å². The van der Waals surface area contributed by atoms with Crippen molar-refractivity contribution in [2.24, 2.45) is 5.92 Å². The zero-order valence-electron chi connectivity index (χ0n) is 15.9. The number of piperidine rings is 1. The molecule has 0 spiro atoms. The number of likely N-dealkylation sites (tertiary alicyclic amines) is 2. The topological polar surface area (TPSA) is 13.0 Å². The molecule has 4 heteroatoms. The third kappa shape index (κ3) is 4.47. The molecule has 0 bridgehead atoms. The summed E-state index contributed by atoms with van der Waals surface area (Å²) in [5.41, 5.74) is 0. The van der Waals surface area contributed by atoms with Crippen molar-refractivity contribution in [3.05, 3.63) is 0 Å². The van der Waals surface area contributed by atoms with E-state index in [0.29, 0.717) is 6.04 Å². The summed E-state index contributed by atoms with van der Waals surface area (Å²) in [5.74, 6) is 0.934. The van der Waals surface area contributed by atoms with Crippen LogP contribution in [0.5, 0.6) is 0 Å². The zero-order chi connectivity index (χ0) is 16.4. The summed E-state index contributed by atoms with van der Waals surface area (Å²) in [6.45, 7) is 21.1. The van der Waals surface area contributed by atoms with Gasteiger partial charge in [-0.15, -0.1) is 0 Å². The molecule has 3 aliphatic heterocycles. The number of hydrogen-bond donors (Lipinski definition) is 0. The maximum Gasteiger partial charge on any atom is 0.0120 e. The van der Waals surface area contributed by atoms with Crippen molar-refractivity contribution in [3.8, 4) is 0 Å². The lowest BCUT2D eigenvalue weighted by Gasteiger charge is -2.49. The van der Waals surface area contributed by atoms with Gasteiger partial charge in [-0.1, -0.05) is 0 Å². The molecular formula is C19H38N4. The molecule has 0 aromatic heterocycles. The molecule has 3 fully saturated rings. The second kappa shape index (κ2) is 7.81. The molecule has 0 amide bonds. The molecular weight excluding hydrogens is 284 g/mol. The minimum absolute atomic E-state index is 0.716. The number of hydrogen-bond acceptors (Lipinski definition) is 4. The first kappa shape index (κ1) is 17.7. The zero-order valence-corrected chi connectivity index (χ0v) is 15.9. The summed E-state index contributed by atoms with van der Waals surface area (Å²) < 4.78 is 0. The third-order valence-corrected chi connectivity index (χ3v) is 6.38. The van der Waals surface area contributed by atoms with Crippen molar-refractivity contribution in [2.45, 2.75) is 58.7 Å². The summed E-state index contributed by atoms with van der Waals surface area (Å²) in [5, 5.41) is 0. The molecule has 134 valence electrons. The second-order valence-corrected chi connectivity index (χ2v) is 8.61. The van der Waals surface area contributed by atoms with E-state index in [4.69, 9.17) is 0 Å². The molecule has 0 N–H and O–H groups in total. The SMILES string of the molecule is CC(C)N1CCC(N2CC(CN3CCN(C(C)C)CC3)C2)CC1. The van der Waals surface area contributed by atoms with E-state index >= 15 is 0 Å². The van der Waals surface area contributed by atoms with Crippen LogP contribution in [0.25, 0.3) is 0 Å². The molecule has 0 unspecified atom stereocenters. The van der Waals surface area contributed by atoms with Crippen molar-refractivity contribution >= 4 is 0 Å². The van der Waals surface area contributed by atoms with Gasteiger partial charge in [0.15, 0.2) is 0 Å². The Morgan fingerprint density at radius 2 is 1.26 bits per heavy atom. The van der Waals surface area contributed by atoms with E-state index in [2.05, 4.69) is 47.3 Å². The maximum atomic E-state index is 2.77. The van der Waals surface area contributed by atoms with Crippen molar-refractivity contribution in [1.29, 1.82) is 0 Å². The molecule has 3 saturated heterocycles. The van der Waals surface area contributed by atoms with Gasteiger partial charge in [-0.25, -0.2) is 0 Å². The molecule has 3 heterocycles. The Bertz CT molecular complexity index is 348. The molecule has 3 aliphatic rings. The van der Waals surface area contributed by atoms with Crippen LogP contribution in [0.3, 0.4) is 0 Å². The van der Waals surface area contributed by atoms with Crippen LogP contribution in [-0.2, 0) is 0 Å². The molecule has 0 aromatic carbocycles. The number of nitrogens with zero attached hydrogens (tertiary/aromatic N) is 4. The Balaban J connectivity index is 1.31. The molecule has 23 heavy (non-hydrogen) atoms. The fraction of sp³-hybridized carbons (Fsp3) is 1.00. The summed E-state index contributed by atoms with van der Waals surface area (Å²) in [6.07, 6.45) is 2.77. The van der Waals surface area contributed by atoms with E-state index in [0.717, 1.165) is 18.0 Å². The first-order chi connectivity index (χ1) is 11.0. The van der Waals surface area contributed by atoms with Gasteiger partial charge in [-0.3, -0.25) is 9.80 Å². The summed E-state index contributed by atoms with van der Waals surface area (Å²) in [7, 11) is 0. The third-order valence-electron chi connectivity index (χ3n) is 6.38. The second-order valence-electron chi connectivity index (χ2n) is 8.61. The quantitative estimate of drug-likeness (QED) is 0.765. The van der Waals surface area contributed by atoms with Crippen LogP contribution >= 0.6 is 0 Å². The van der Waals surface area contributed by atoms with E-state index in [1.54, 1.807) is 0 Å². The molecule has 0 radical (unpaired) electrons. The highest BCUT2D eigenvalue weighted by Crippen LogP contribution is 2.26. The molecule has 0 aromatic rings. The van der Waals surface area contributed by atoms with Crippen molar-refractivity contribution < 1.29 is 0 Å². The Labute approximate surface area is 143 Å². The molecule has 4 nitrogen and oxygen atoms in total. The van der Waals surface area contributed by atoms with Gasteiger partial charge in [0.2, 0.25) is 0 Å². The fourth-order valence-electron chi connectivity index (χ4n) is 4.62. The van der Waals surface area contributed by atoms with Crippen LogP contribution in [0.15, 0.2) is 0 Å². The molecule has 0 atom stereocenters. The van der Waals surface area contributed by atoms with E-state index in [-0.39, 0.29) is 0 Å². The van der Waals surface area contributed by atoms with Gasteiger partial charge in [-0.2, -0.15) is 0 Å². The molecule has 0 saturated carbocycles. The summed E-state index contributed by atoms with van der Waals surface area (Å²) in [4.78, 5) is 10.7. The highest BCUT2D eigenvalue weighted by Gasteiger charge is 2.35. The number of rotatable bonds is 5. The van der Waals surface area contributed by atoms with Crippen LogP contribution < -0.4 is 0 Å². The van der Waals surface area contributed by atoms with E-state index in [1.807, 2.05) is 0 Å². The Morgan fingerprint density at radius 1 is 0.739 bits per heavy atom. The van der Waals surface area contributed by atoms with Gasteiger partial charge >= 0.3 is 0 Å². The largest absolute Gasteiger partial charge is 0.301 e. The van der Waals surface area contributed by atoms with Gasteiger partial charge in [0.25, 0.3) is 0 Å². The summed E-state index contributed by atoms with van der Waals surface area (Å²) in [6, 6.07) is 2.32. The van der Waals surface area contributed by atoms with Crippen LogP contribution in [0.4, 0.5) is 0 Å². The standard InChI is InChI=1S/C19H38N4/c1-16(2)21-7-5-19(6-8-21)23-14-18(15-23)13-20-9-11-22(12-10-20)17(3)4/h16-19H,5-15H2,1-4H3. The van der Waals surface area contributed by atoms with Crippen molar-refractivity contribution in [2.75, 3.05) is 58.9 Å². The smallest absolute Gasteiger partial charge is 0.0120 e. The van der Waals surface area contributed by atoms with E-state index < -0.39 is 0 Å². The summed E-state index contributed by atoms with van der Waals surface area (Å²) >= 11 is 0. The van der Waals surface area contributed by atoms with Crippen LogP contribution in [-0.4, -0.2) is 96.6 Å². The normalized spacial score (nSPS) is 27.9. The Morgan fingerprint density at radius 3 is 1.78 bits per heavy atom. The maximum absolute atomic E-state index is 2.77. The fourth-order valence-corrected chi connectivity index (χ4v) is 4.62. The first-order valence-corrected chi connectivity index (χ1v) is 9.97. The van der Waals surface area contributed by atoms with Gasteiger partial charge in [-0.05, 0) is 59.5 Å². The minimum Gasteiger partial charge on any atom is -0.301 e. The highest BCUT2D eigenvalue weighted by molar-refractivity contribution is 4.90. The monoisotopic (exact) mass is 322 g/mol. The van der Waals surface area contributed by atoms with Gasteiger partial charge in [0.05, 0.1) is 0 Å². The van der Waals surface area contributed by atoms with Crippen molar-refractivity contribution in [1.82, 2.24) is 19.6 Å². The predicted molar refractivity (Wildman–Crippen MR) is 97.9 cm³/mol. The van der Waals surface area contributed by atoms with Gasteiger partial charge in [0, 0.05) is 63.9 Å². The lowest BCUT2D eigenvalue weighted by Crippen LogP contribution is -2.59. The molecule has 3 rings (SSSR count). The Hall–Kier alpha value is -0.160. The Kier molecular flexibility index (Phi) is 6.00. The van der Waals surface area contributed by atoms with Crippen molar-refractivity contribution in [3.63, 3.8) is 0 Å². The van der Waals surface area contributed by atoms with Gasteiger partial charge in [0.1, 0.15) is 0 Å². The lowest BCUT2D eigenvalue weighted by atomic mass is 9.92. The minimum atomic E-state index is 0.716. The first-order valence-electron chi connectivity index (χ1n) is 9.97. The number of piperazine rings is 1. The average Bonchev–Trinajstić information content (AvgIpc) is 2.51. The van der Waals surface area contributed by atoms with E-state index in [9.17, 15) is 0 Å². The lowest BCUT2D eigenvalue weighted by molar-refractivity contribution is -0.00689. The van der Waals surface area contributed by atoms with Crippen LogP contribution in [0.2, 0.25) is 0 Å². The average molecular weight is 323 g/mol. The van der Waals surface area contributed by atoms with Gasteiger partial charge < -0.3 is 9.80 Å².